The molecule has 678 valence electrons. The lowest BCUT2D eigenvalue weighted by Crippen LogP contribution is -2.54. The maximum absolute atomic E-state index is 13.8. The Kier molecular flexibility index (Phi) is 27.6. The molecule has 20 rings (SSSR count). The monoisotopic (exact) mass is 1760 g/mol. The number of piperidine rings is 1. The van der Waals surface area contributed by atoms with Gasteiger partial charge in [-0.3, -0.25) is 58.8 Å². The van der Waals surface area contributed by atoms with Crippen LogP contribution in [-0.4, -0.2) is 191 Å². The number of nitrogens with zero attached hydrogens (tertiary/aromatic N) is 14. The molecule has 6 aliphatic carbocycles. The number of hydrogen-bond donors (Lipinski definition) is 6. The molecule has 6 saturated carbocycles. The molecule has 4 atom stereocenters. The van der Waals surface area contributed by atoms with Gasteiger partial charge in [0.2, 0.25) is 0 Å². The van der Waals surface area contributed by atoms with Gasteiger partial charge in [-0.1, -0.05) is 205 Å². The van der Waals surface area contributed by atoms with E-state index in [9.17, 15) is 38.4 Å². The minimum atomic E-state index is -0.873. The van der Waals surface area contributed by atoms with Crippen molar-refractivity contribution in [2.24, 2.45) is 17.8 Å². The summed E-state index contributed by atoms with van der Waals surface area (Å²) in [4.78, 5) is 144. The maximum atomic E-state index is 13.8. The van der Waals surface area contributed by atoms with Gasteiger partial charge in [0.1, 0.15) is 22.4 Å². The predicted octanol–water partition coefficient (Wildman–Crippen LogP) is 12.0. The normalized spacial score (nSPS) is 20.1. The molecule has 8 aromatic heterocycles. The molecule has 129 heavy (non-hydrogen) atoms. The Hall–Kier alpha value is -11.9. The summed E-state index contributed by atoms with van der Waals surface area (Å²) in [5, 5.41) is 24.2. The lowest BCUT2D eigenvalue weighted by molar-refractivity contribution is -0.168. The van der Waals surface area contributed by atoms with E-state index in [1.807, 2.05) is 126 Å². The van der Waals surface area contributed by atoms with Crippen LogP contribution in [0.15, 0.2) is 165 Å². The number of likely N-dealkylation sites (tertiary alicyclic amines) is 2. The summed E-state index contributed by atoms with van der Waals surface area (Å²) in [7, 11) is 1.67. The largest absolute Gasteiger partial charge is 0.396 e. The second-order valence-corrected chi connectivity index (χ2v) is 35.8. The molecular formula is C96H115N19O14. The van der Waals surface area contributed by atoms with Crippen molar-refractivity contribution in [1.29, 1.82) is 0 Å². The molecule has 0 unspecified atom stereocenters. The van der Waals surface area contributed by atoms with Crippen molar-refractivity contribution >= 4 is 46.6 Å². The Morgan fingerprint density at radius 2 is 0.791 bits per heavy atom. The smallest absolute Gasteiger partial charge is 0.274 e. The second-order valence-electron chi connectivity index (χ2n) is 35.8. The number of aliphatic hydroxyl groups is 1. The first kappa shape index (κ1) is 89.1. The summed E-state index contributed by atoms with van der Waals surface area (Å²) >= 11 is 0. The number of aromatic nitrogens is 16. The average molecular weight is 1760 g/mol. The van der Waals surface area contributed by atoms with Crippen LogP contribution in [0.5, 0.6) is 0 Å². The van der Waals surface area contributed by atoms with Crippen LogP contribution in [0.25, 0.3) is 68.7 Å². The van der Waals surface area contributed by atoms with Crippen LogP contribution in [0.3, 0.4) is 0 Å². The predicted molar refractivity (Wildman–Crippen MR) is 480 cm³/mol. The number of ether oxygens (including phenoxy) is 5. The molecule has 3 amide bonds. The molecule has 2 saturated heterocycles. The number of ketones is 1. The fourth-order valence-corrected chi connectivity index (χ4v) is 19.5. The first-order valence-electron chi connectivity index (χ1n) is 46.2. The van der Waals surface area contributed by atoms with Gasteiger partial charge in [0.05, 0.1) is 61.9 Å². The molecule has 8 aliphatic rings. The fraction of sp³-hybridized carbons (Fsp3) is 0.500. The number of methoxy groups -OCH3 is 1. The van der Waals surface area contributed by atoms with Crippen LogP contribution in [-0.2, 0) is 69.3 Å². The number of aliphatic hydroxyl groups excluding tert-OH is 1. The SMILES string of the molecule is CC[C@@H]1[C@H]2C[C@H]2CN1C(=O)C1(OCc2cc(=O)n3[nH]c(-c4ccccc4)nc3n2)CCCCC1.COC[C@H]1CCCN1C(=O)C1(OCc2cc(=O)n3[nH]c(-c4ccccc4)nc3n2)CCCCC1.O=C(CCCO)C1(OCc2cc(=O)n3[nH]c(-c4ccccc4)nc3n2)CCCCC1.O=C(NCC1CC1)C1(OCc2cc(=O)n3[nH]c(-c4ccccc4)nc3n2)CCCCC1. The summed E-state index contributed by atoms with van der Waals surface area (Å²) in [6, 6.07) is 44.5. The first-order valence-corrected chi connectivity index (χ1v) is 46.2. The van der Waals surface area contributed by atoms with Crippen LogP contribution in [0.4, 0.5) is 0 Å². The topological polar surface area (TPSA) is 405 Å². The third-order valence-corrected chi connectivity index (χ3v) is 26.8. The maximum Gasteiger partial charge on any atom is 0.274 e. The van der Waals surface area contributed by atoms with Crippen molar-refractivity contribution in [3.63, 3.8) is 0 Å². The Balaban J connectivity index is 0.000000121. The minimum absolute atomic E-state index is 0.0142. The highest BCUT2D eigenvalue weighted by atomic mass is 16.5. The van der Waals surface area contributed by atoms with E-state index in [1.165, 1.54) is 61.6 Å². The van der Waals surface area contributed by atoms with E-state index in [-0.39, 0.29) is 96.4 Å². The van der Waals surface area contributed by atoms with Gasteiger partial charge in [-0.2, -0.15) is 38.0 Å². The van der Waals surface area contributed by atoms with Crippen molar-refractivity contribution in [1.82, 2.24) is 93.4 Å². The molecule has 0 bridgehead atoms. The van der Waals surface area contributed by atoms with Gasteiger partial charge >= 0.3 is 0 Å². The van der Waals surface area contributed by atoms with Gasteiger partial charge in [0.25, 0.3) is 63.1 Å². The van der Waals surface area contributed by atoms with Crippen LogP contribution in [0, 0.1) is 17.8 Å². The molecule has 12 aromatic rings. The molecule has 33 nitrogen and oxygen atoms in total. The van der Waals surface area contributed by atoms with E-state index in [0.29, 0.717) is 139 Å². The molecule has 6 N–H and O–H groups in total. The second kappa shape index (κ2) is 40.0. The number of H-pyrrole nitrogens is 4. The number of nitrogens with one attached hydrogen (secondary N) is 5. The first-order chi connectivity index (χ1) is 62.9. The molecular weight excluding hydrogens is 1640 g/mol. The highest BCUT2D eigenvalue weighted by Gasteiger charge is 2.57. The number of rotatable bonds is 28. The number of amides is 3. The van der Waals surface area contributed by atoms with E-state index in [2.05, 4.69) is 77.4 Å². The van der Waals surface area contributed by atoms with Crippen molar-refractivity contribution in [2.45, 2.75) is 248 Å². The van der Waals surface area contributed by atoms with Gasteiger partial charge in [-0.05, 0) is 114 Å². The minimum Gasteiger partial charge on any atom is -0.396 e. The summed E-state index contributed by atoms with van der Waals surface area (Å²) in [5.41, 5.74) is 0.992. The molecule has 2 aliphatic heterocycles. The van der Waals surface area contributed by atoms with Gasteiger partial charge in [-0.15, -0.1) is 0 Å². The highest BCUT2D eigenvalue weighted by Crippen LogP contribution is 2.52. The third kappa shape index (κ3) is 20.3. The Bertz CT molecular complexity index is 6140. The Labute approximate surface area is 744 Å². The van der Waals surface area contributed by atoms with Crippen molar-refractivity contribution in [3.8, 4) is 45.6 Å². The number of aromatic amines is 4. The lowest BCUT2D eigenvalue weighted by atomic mass is 9.80. The lowest BCUT2D eigenvalue weighted by Gasteiger charge is -2.41. The van der Waals surface area contributed by atoms with Gasteiger partial charge in [0.15, 0.2) is 29.1 Å². The number of hydrogen-bond acceptors (Lipinski definition) is 22. The highest BCUT2D eigenvalue weighted by molar-refractivity contribution is 5.88. The van der Waals surface area contributed by atoms with Crippen LogP contribution >= 0.6 is 0 Å². The van der Waals surface area contributed by atoms with Gasteiger partial charge in [0, 0.05) is 92.3 Å². The Morgan fingerprint density at radius 1 is 0.442 bits per heavy atom. The number of fused-ring (bicyclic) bond motifs is 5. The molecule has 4 aromatic carbocycles. The molecule has 10 heterocycles. The Morgan fingerprint density at radius 3 is 1.15 bits per heavy atom. The summed E-state index contributed by atoms with van der Waals surface area (Å²) in [6.07, 6.45) is 24.9. The zero-order valence-corrected chi connectivity index (χ0v) is 73.4. The van der Waals surface area contributed by atoms with Gasteiger partial charge in [-0.25, -0.2) is 19.9 Å². The van der Waals surface area contributed by atoms with Crippen molar-refractivity contribution in [2.75, 3.05) is 40.0 Å². The number of carbonyl (C=O) groups excluding carboxylic acids is 4. The summed E-state index contributed by atoms with van der Waals surface area (Å²) in [5.74, 6) is 5.61. The molecule has 8 fully saturated rings. The number of carbonyl (C=O) groups is 4. The van der Waals surface area contributed by atoms with E-state index in [0.717, 1.165) is 151 Å². The van der Waals surface area contributed by atoms with Crippen molar-refractivity contribution < 1.29 is 48.0 Å². The quantitative estimate of drug-likeness (QED) is 0.0265. The summed E-state index contributed by atoms with van der Waals surface area (Å²) < 4.78 is 35.8. The number of Topliss-reactive ketones (excluding diaryl/α,β-unsaturated/α-hetero) is 1. The van der Waals surface area contributed by atoms with Crippen LogP contribution < -0.4 is 27.6 Å². The fourth-order valence-electron chi connectivity index (χ4n) is 19.5. The van der Waals surface area contributed by atoms with E-state index >= 15 is 0 Å². The zero-order chi connectivity index (χ0) is 89.1. The zero-order valence-electron chi connectivity index (χ0n) is 73.4. The van der Waals surface area contributed by atoms with E-state index in [1.54, 1.807) is 7.11 Å². The van der Waals surface area contributed by atoms with Gasteiger partial charge < -0.3 is 43.9 Å². The standard InChI is InChI=1S/C26H31N5O3.C25H31N5O4.C23H27N5O3.C22H26N4O4/c1-2-21-20-13-18(20)15-30(21)24(33)26(11-7-4-8-12-26)34-16-19-14-22(32)31-25(27-19)28-23(29-31)17-9-5-3-6-10-17;1-33-17-20-11-8-14-29(20)23(32)25(12-6-3-7-13-25)34-16-19-15-21(31)30-24(26-19)27-22(28-30)18-9-4-2-5-10-18;29-19-13-18(25-22-26-20(27-28(19)22)17-7-3-1-4-8-17)15-31-23(11-5-2-6-12-23)21(30)24-14-16-9-10-16;27-13-7-10-18(28)22(11-5-2-6-12-22)30-15-17-14-19(29)26-21(23-17)24-20(25-26)16-8-3-1-4-9-16/h3,5-6,9-10,14,18,20-21H,2,4,7-8,11-13,15-16H2,1H3,(H,27,28,29);2,4-5,9-10,15,20H,3,6-8,11-14,16-17H2,1H3,(H,26,27,28);1,3-4,7-8,13,16H,2,5-6,9-12,14-15H2,(H,24,30)(H,25,26,27);1,3-4,8-9,14,27H,2,5-7,10-13,15H2,(H,23,24,25)/t18-,20-,21+;20-;;/m01../s1. The summed E-state index contributed by atoms with van der Waals surface area (Å²) in [6.45, 7) is 5.44. The molecule has 0 radical (unpaired) electrons. The van der Waals surface area contributed by atoms with Crippen LogP contribution in [0.2, 0.25) is 0 Å². The van der Waals surface area contributed by atoms with E-state index in [4.69, 9.17) is 28.8 Å². The molecule has 0 spiro atoms. The number of benzene rings is 4. The average Bonchev–Trinajstić information content (AvgIpc) is 1.59. The molecule has 33 heteroatoms. The third-order valence-electron chi connectivity index (χ3n) is 26.8. The van der Waals surface area contributed by atoms with E-state index < -0.39 is 22.4 Å². The van der Waals surface area contributed by atoms with Crippen LogP contribution in [0.1, 0.15) is 209 Å². The van der Waals surface area contributed by atoms with Crippen molar-refractivity contribution in [3.05, 3.63) is 210 Å².